The van der Waals surface area contributed by atoms with Crippen molar-refractivity contribution in [2.45, 2.75) is 13.5 Å². The summed E-state index contributed by atoms with van der Waals surface area (Å²) in [5.74, 6) is -0.118. The maximum Gasteiger partial charge on any atom is 0.290 e. The SMILES string of the molecule is Cc1cc(C(=O)NCc2nnc(-c3ccccc3)s2)on1. The Morgan fingerprint density at radius 3 is 2.81 bits per heavy atom. The molecule has 0 atom stereocenters. The molecule has 21 heavy (non-hydrogen) atoms. The quantitative estimate of drug-likeness (QED) is 0.800. The van der Waals surface area contributed by atoms with Crippen molar-refractivity contribution in [2.24, 2.45) is 0 Å². The van der Waals surface area contributed by atoms with Gasteiger partial charge in [-0.25, -0.2) is 0 Å². The average Bonchev–Trinajstić information content (AvgIpc) is 3.15. The Morgan fingerprint density at radius 1 is 1.29 bits per heavy atom. The molecule has 0 saturated carbocycles. The van der Waals surface area contributed by atoms with Crippen molar-refractivity contribution in [1.29, 1.82) is 0 Å². The summed E-state index contributed by atoms with van der Waals surface area (Å²) in [5, 5.41) is 16.2. The number of aromatic nitrogens is 3. The van der Waals surface area contributed by atoms with E-state index >= 15 is 0 Å². The van der Waals surface area contributed by atoms with Crippen molar-refractivity contribution in [2.75, 3.05) is 0 Å². The highest BCUT2D eigenvalue weighted by atomic mass is 32.1. The molecule has 0 spiro atoms. The van der Waals surface area contributed by atoms with Gasteiger partial charge in [-0.1, -0.05) is 46.8 Å². The topological polar surface area (TPSA) is 80.9 Å². The minimum atomic E-state index is -0.313. The molecule has 2 heterocycles. The summed E-state index contributed by atoms with van der Waals surface area (Å²) in [7, 11) is 0. The molecule has 1 N–H and O–H groups in total. The van der Waals surface area contributed by atoms with Crippen molar-refractivity contribution in [3.63, 3.8) is 0 Å². The first-order valence-electron chi connectivity index (χ1n) is 6.32. The zero-order chi connectivity index (χ0) is 14.7. The minimum Gasteiger partial charge on any atom is -0.351 e. The number of hydrogen-bond acceptors (Lipinski definition) is 6. The van der Waals surface area contributed by atoms with Crippen LogP contribution in [0.5, 0.6) is 0 Å². The molecular weight excluding hydrogens is 288 g/mol. The lowest BCUT2D eigenvalue weighted by molar-refractivity contribution is 0.0914. The Kier molecular flexibility index (Phi) is 3.74. The summed E-state index contributed by atoms with van der Waals surface area (Å²) >= 11 is 1.45. The van der Waals surface area contributed by atoms with Crippen LogP contribution in [0.2, 0.25) is 0 Å². The predicted octanol–water partition coefficient (Wildman–Crippen LogP) is 2.43. The van der Waals surface area contributed by atoms with Gasteiger partial charge in [0.2, 0.25) is 5.76 Å². The highest BCUT2D eigenvalue weighted by Gasteiger charge is 2.12. The Morgan fingerprint density at radius 2 is 2.10 bits per heavy atom. The van der Waals surface area contributed by atoms with Gasteiger partial charge in [0.15, 0.2) is 0 Å². The van der Waals surface area contributed by atoms with Gasteiger partial charge in [0, 0.05) is 11.6 Å². The van der Waals surface area contributed by atoms with Crippen molar-refractivity contribution in [3.8, 4) is 10.6 Å². The van der Waals surface area contributed by atoms with Gasteiger partial charge >= 0.3 is 0 Å². The molecule has 1 amide bonds. The van der Waals surface area contributed by atoms with Gasteiger partial charge in [-0.3, -0.25) is 4.79 Å². The van der Waals surface area contributed by atoms with E-state index in [0.29, 0.717) is 12.2 Å². The molecule has 0 bridgehead atoms. The van der Waals surface area contributed by atoms with E-state index < -0.39 is 0 Å². The Bertz CT molecular complexity index is 751. The number of carbonyl (C=O) groups is 1. The zero-order valence-electron chi connectivity index (χ0n) is 11.2. The number of rotatable bonds is 4. The summed E-state index contributed by atoms with van der Waals surface area (Å²) in [6, 6.07) is 11.4. The molecule has 106 valence electrons. The molecule has 2 aromatic heterocycles. The molecule has 3 rings (SSSR count). The van der Waals surface area contributed by atoms with E-state index in [-0.39, 0.29) is 11.7 Å². The fraction of sp³-hybridized carbons (Fsp3) is 0.143. The Labute approximate surface area is 124 Å². The molecular formula is C14H12N4O2S. The molecule has 0 fully saturated rings. The lowest BCUT2D eigenvalue weighted by Gasteiger charge is -1.97. The van der Waals surface area contributed by atoms with Crippen LogP contribution in [0.15, 0.2) is 40.9 Å². The maximum atomic E-state index is 11.8. The largest absolute Gasteiger partial charge is 0.351 e. The summed E-state index contributed by atoms with van der Waals surface area (Å²) in [4.78, 5) is 11.8. The molecule has 0 unspecified atom stereocenters. The number of aryl methyl sites for hydroxylation is 1. The fourth-order valence-corrected chi connectivity index (χ4v) is 2.52. The minimum absolute atomic E-state index is 0.195. The van der Waals surface area contributed by atoms with Crippen LogP contribution in [0, 0.1) is 6.92 Å². The molecule has 0 aliphatic carbocycles. The third-order valence-electron chi connectivity index (χ3n) is 2.74. The third-order valence-corrected chi connectivity index (χ3v) is 3.71. The second kappa shape index (κ2) is 5.84. The van der Waals surface area contributed by atoms with Crippen molar-refractivity contribution < 1.29 is 9.32 Å². The van der Waals surface area contributed by atoms with Gasteiger partial charge in [0.1, 0.15) is 10.0 Å². The maximum absolute atomic E-state index is 11.8. The normalized spacial score (nSPS) is 10.5. The molecule has 0 saturated heterocycles. The van der Waals surface area contributed by atoms with Crippen LogP contribution >= 0.6 is 11.3 Å². The molecule has 0 aliphatic rings. The van der Waals surface area contributed by atoms with Gasteiger partial charge in [-0.05, 0) is 6.92 Å². The molecule has 3 aromatic rings. The number of benzene rings is 1. The van der Waals surface area contributed by atoms with Crippen LogP contribution in [-0.2, 0) is 6.54 Å². The highest BCUT2D eigenvalue weighted by Crippen LogP contribution is 2.22. The zero-order valence-corrected chi connectivity index (χ0v) is 12.1. The van der Waals surface area contributed by atoms with E-state index in [2.05, 4.69) is 20.7 Å². The molecule has 0 aliphatic heterocycles. The molecule has 7 heteroatoms. The molecule has 1 aromatic carbocycles. The number of nitrogens with one attached hydrogen (secondary N) is 1. The average molecular weight is 300 g/mol. The highest BCUT2D eigenvalue weighted by molar-refractivity contribution is 7.14. The van der Waals surface area contributed by atoms with E-state index in [1.165, 1.54) is 11.3 Å². The van der Waals surface area contributed by atoms with Gasteiger partial charge in [0.05, 0.1) is 12.2 Å². The molecule has 6 nitrogen and oxygen atoms in total. The van der Waals surface area contributed by atoms with E-state index in [4.69, 9.17) is 4.52 Å². The Hall–Kier alpha value is -2.54. The van der Waals surface area contributed by atoms with Gasteiger partial charge in [-0.2, -0.15) is 0 Å². The summed E-state index contributed by atoms with van der Waals surface area (Å²) < 4.78 is 4.89. The first-order chi connectivity index (χ1) is 10.2. The van der Waals surface area contributed by atoms with E-state index in [1.807, 2.05) is 30.3 Å². The standard InChI is InChI=1S/C14H12N4O2S/c1-9-7-11(20-18-9)13(19)15-8-12-16-17-14(21-12)10-5-3-2-4-6-10/h2-7H,8H2,1H3,(H,15,19). The van der Waals surface area contributed by atoms with Crippen LogP contribution < -0.4 is 5.32 Å². The van der Waals surface area contributed by atoms with Crippen LogP contribution in [0.25, 0.3) is 10.6 Å². The van der Waals surface area contributed by atoms with Gasteiger partial charge in [0.25, 0.3) is 5.91 Å². The van der Waals surface area contributed by atoms with Crippen molar-refractivity contribution >= 4 is 17.2 Å². The smallest absolute Gasteiger partial charge is 0.290 e. The fourth-order valence-electron chi connectivity index (χ4n) is 1.74. The van der Waals surface area contributed by atoms with Gasteiger partial charge in [-0.15, -0.1) is 10.2 Å². The van der Waals surface area contributed by atoms with Crippen molar-refractivity contribution in [3.05, 3.63) is 52.9 Å². The van der Waals surface area contributed by atoms with Crippen LogP contribution in [0.4, 0.5) is 0 Å². The van der Waals surface area contributed by atoms with E-state index in [9.17, 15) is 4.79 Å². The van der Waals surface area contributed by atoms with E-state index in [1.54, 1.807) is 13.0 Å². The van der Waals surface area contributed by atoms with E-state index in [0.717, 1.165) is 15.6 Å². The first-order valence-corrected chi connectivity index (χ1v) is 7.13. The lowest BCUT2D eigenvalue weighted by atomic mass is 10.2. The van der Waals surface area contributed by atoms with Crippen LogP contribution in [0.3, 0.4) is 0 Å². The number of nitrogens with zero attached hydrogens (tertiary/aromatic N) is 3. The van der Waals surface area contributed by atoms with Crippen molar-refractivity contribution in [1.82, 2.24) is 20.7 Å². The summed E-state index contributed by atoms with van der Waals surface area (Å²) in [5.41, 5.74) is 1.68. The predicted molar refractivity (Wildman–Crippen MR) is 77.8 cm³/mol. The van der Waals surface area contributed by atoms with Crippen LogP contribution in [-0.4, -0.2) is 21.3 Å². The summed E-state index contributed by atoms with van der Waals surface area (Å²) in [6.45, 7) is 2.07. The number of carbonyl (C=O) groups excluding carboxylic acids is 1. The third kappa shape index (κ3) is 3.14. The second-order valence-corrected chi connectivity index (χ2v) is 5.44. The summed E-state index contributed by atoms with van der Waals surface area (Å²) in [6.07, 6.45) is 0. The number of hydrogen-bond donors (Lipinski definition) is 1. The monoisotopic (exact) mass is 300 g/mol. The second-order valence-electron chi connectivity index (χ2n) is 4.38. The van der Waals surface area contributed by atoms with Crippen LogP contribution in [0.1, 0.15) is 21.3 Å². The van der Waals surface area contributed by atoms with Gasteiger partial charge < -0.3 is 9.84 Å². The first kappa shape index (κ1) is 13.4. The lowest BCUT2D eigenvalue weighted by Crippen LogP contribution is -2.22. The molecule has 0 radical (unpaired) electrons. The Balaban J connectivity index is 1.64. The number of amides is 1.